The van der Waals surface area contributed by atoms with Gasteiger partial charge in [0.1, 0.15) is 17.2 Å². The quantitative estimate of drug-likeness (QED) is 0.669. The maximum absolute atomic E-state index is 13.6. The minimum atomic E-state index is -1.64. The maximum atomic E-state index is 13.6. The normalized spacial score (nSPS) is 13.6. The number of aliphatic hydroxyl groups is 1. The minimum absolute atomic E-state index is 0.0847. The van der Waals surface area contributed by atoms with Crippen molar-refractivity contribution in [1.82, 2.24) is 10.6 Å². The Kier molecular flexibility index (Phi) is 6.51. The summed E-state index contributed by atoms with van der Waals surface area (Å²) in [6.07, 6.45) is 0. The van der Waals surface area contributed by atoms with Crippen LogP contribution in [0.25, 0.3) is 0 Å². The van der Waals surface area contributed by atoms with Crippen LogP contribution in [0.4, 0.5) is 13.6 Å². The van der Waals surface area contributed by atoms with Crippen molar-refractivity contribution in [1.29, 1.82) is 0 Å². The smallest absolute Gasteiger partial charge is 0.314 e. The Morgan fingerprint density at radius 3 is 2.71 bits per heavy atom. The summed E-state index contributed by atoms with van der Waals surface area (Å²) in [4.78, 5) is 11.5. The number of rotatable bonds is 7. The Bertz CT molecular complexity index is 481. The van der Waals surface area contributed by atoms with Gasteiger partial charge in [-0.3, -0.25) is 0 Å². The third kappa shape index (κ3) is 5.65. The highest BCUT2D eigenvalue weighted by atomic mass is 19.1. The number of carbonyl (C=O) groups is 1. The molecular formula is C14H20F2N2O3. The van der Waals surface area contributed by atoms with Crippen LogP contribution in [-0.4, -0.2) is 37.4 Å². The van der Waals surface area contributed by atoms with Crippen molar-refractivity contribution in [3.8, 4) is 0 Å². The SMILES string of the molecule is CCOCCNC(=O)NCC(C)(O)c1ccc(F)cc1F. The second kappa shape index (κ2) is 7.90. The number of urea groups is 1. The molecule has 0 heterocycles. The van der Waals surface area contributed by atoms with Crippen molar-refractivity contribution in [3.05, 3.63) is 35.4 Å². The molecule has 2 amide bonds. The van der Waals surface area contributed by atoms with Gasteiger partial charge in [-0.25, -0.2) is 13.6 Å². The van der Waals surface area contributed by atoms with Gasteiger partial charge in [0.2, 0.25) is 0 Å². The zero-order valence-electron chi connectivity index (χ0n) is 12.1. The zero-order valence-corrected chi connectivity index (χ0v) is 12.1. The highest BCUT2D eigenvalue weighted by molar-refractivity contribution is 5.73. The van der Waals surface area contributed by atoms with Crippen LogP contribution >= 0.6 is 0 Å². The van der Waals surface area contributed by atoms with E-state index in [0.29, 0.717) is 25.8 Å². The van der Waals surface area contributed by atoms with E-state index in [1.165, 1.54) is 6.92 Å². The van der Waals surface area contributed by atoms with Gasteiger partial charge in [0, 0.05) is 24.8 Å². The standard InChI is InChI=1S/C14H20F2N2O3/c1-3-21-7-6-17-13(19)18-9-14(2,20)11-5-4-10(15)8-12(11)16/h4-5,8,20H,3,6-7,9H2,1-2H3,(H2,17,18,19). The van der Waals surface area contributed by atoms with Gasteiger partial charge < -0.3 is 20.5 Å². The van der Waals surface area contributed by atoms with Crippen molar-refractivity contribution in [2.45, 2.75) is 19.4 Å². The molecule has 7 heteroatoms. The molecule has 0 aromatic heterocycles. The van der Waals surface area contributed by atoms with E-state index in [1.54, 1.807) is 0 Å². The average molecular weight is 302 g/mol. The maximum Gasteiger partial charge on any atom is 0.314 e. The molecule has 0 saturated carbocycles. The fourth-order valence-corrected chi connectivity index (χ4v) is 1.72. The van der Waals surface area contributed by atoms with Crippen molar-refractivity contribution in [2.75, 3.05) is 26.3 Å². The van der Waals surface area contributed by atoms with Gasteiger partial charge in [0.25, 0.3) is 0 Å². The second-order valence-corrected chi connectivity index (χ2v) is 4.70. The van der Waals surface area contributed by atoms with Crippen LogP contribution in [0.2, 0.25) is 0 Å². The lowest BCUT2D eigenvalue weighted by Gasteiger charge is -2.24. The second-order valence-electron chi connectivity index (χ2n) is 4.70. The van der Waals surface area contributed by atoms with Gasteiger partial charge in [-0.2, -0.15) is 0 Å². The van der Waals surface area contributed by atoms with Gasteiger partial charge in [-0.05, 0) is 19.9 Å². The Hall–Kier alpha value is -1.73. The molecule has 21 heavy (non-hydrogen) atoms. The Labute approximate surface area is 122 Å². The molecule has 0 saturated heterocycles. The van der Waals surface area contributed by atoms with Crippen LogP contribution in [-0.2, 0) is 10.3 Å². The number of benzene rings is 1. The molecule has 1 rings (SSSR count). The first-order chi connectivity index (χ1) is 9.86. The van der Waals surface area contributed by atoms with Crippen LogP contribution in [0.1, 0.15) is 19.4 Å². The van der Waals surface area contributed by atoms with Crippen LogP contribution in [0.5, 0.6) is 0 Å². The first-order valence-electron chi connectivity index (χ1n) is 6.64. The van der Waals surface area contributed by atoms with Crippen LogP contribution in [0.15, 0.2) is 18.2 Å². The summed E-state index contributed by atoms with van der Waals surface area (Å²) in [5.74, 6) is -1.59. The first kappa shape index (κ1) is 17.3. The molecule has 1 unspecified atom stereocenters. The number of halogens is 2. The largest absolute Gasteiger partial charge is 0.383 e. The topological polar surface area (TPSA) is 70.6 Å². The molecule has 1 aromatic carbocycles. The summed E-state index contributed by atoms with van der Waals surface area (Å²) in [5, 5.41) is 15.1. The van der Waals surface area contributed by atoms with Crippen molar-refractivity contribution < 1.29 is 23.4 Å². The van der Waals surface area contributed by atoms with E-state index in [9.17, 15) is 18.7 Å². The van der Waals surface area contributed by atoms with E-state index < -0.39 is 23.3 Å². The molecule has 3 N–H and O–H groups in total. The molecule has 0 radical (unpaired) electrons. The fraction of sp³-hybridized carbons (Fsp3) is 0.500. The van der Waals surface area contributed by atoms with E-state index in [4.69, 9.17) is 4.74 Å². The summed E-state index contributed by atoms with van der Waals surface area (Å²) in [5.41, 5.74) is -1.73. The predicted molar refractivity (Wildman–Crippen MR) is 73.8 cm³/mol. The minimum Gasteiger partial charge on any atom is -0.383 e. The third-order valence-corrected chi connectivity index (χ3v) is 2.84. The highest BCUT2D eigenvalue weighted by Gasteiger charge is 2.27. The zero-order chi connectivity index (χ0) is 15.9. The molecule has 1 aromatic rings. The number of amides is 2. The van der Waals surface area contributed by atoms with Gasteiger partial charge >= 0.3 is 6.03 Å². The molecule has 0 aliphatic heterocycles. The molecule has 118 valence electrons. The third-order valence-electron chi connectivity index (χ3n) is 2.84. The molecule has 0 bridgehead atoms. The van der Waals surface area contributed by atoms with E-state index in [0.717, 1.165) is 12.1 Å². The summed E-state index contributed by atoms with van der Waals surface area (Å²) in [6, 6.07) is 2.39. The number of nitrogens with one attached hydrogen (secondary N) is 2. The monoisotopic (exact) mass is 302 g/mol. The van der Waals surface area contributed by atoms with Crippen molar-refractivity contribution >= 4 is 6.03 Å². The molecule has 0 aliphatic carbocycles. The van der Waals surface area contributed by atoms with E-state index in [-0.39, 0.29) is 12.1 Å². The Morgan fingerprint density at radius 1 is 1.38 bits per heavy atom. The fourth-order valence-electron chi connectivity index (χ4n) is 1.72. The lowest BCUT2D eigenvalue weighted by Crippen LogP contribution is -2.44. The molecule has 0 fully saturated rings. The van der Waals surface area contributed by atoms with Gasteiger partial charge in [0.05, 0.1) is 13.2 Å². The van der Waals surface area contributed by atoms with Crippen LogP contribution in [0.3, 0.4) is 0 Å². The number of hydrogen-bond acceptors (Lipinski definition) is 3. The molecular weight excluding hydrogens is 282 g/mol. The van der Waals surface area contributed by atoms with Gasteiger partial charge in [0.15, 0.2) is 0 Å². The van der Waals surface area contributed by atoms with Gasteiger partial charge in [-0.15, -0.1) is 0 Å². The summed E-state index contributed by atoms with van der Waals surface area (Å²) in [7, 11) is 0. The summed E-state index contributed by atoms with van der Waals surface area (Å²) < 4.78 is 31.5. The molecule has 5 nitrogen and oxygen atoms in total. The van der Waals surface area contributed by atoms with E-state index in [2.05, 4.69) is 10.6 Å². The number of ether oxygens (including phenoxy) is 1. The average Bonchev–Trinajstić information content (AvgIpc) is 2.41. The Morgan fingerprint density at radius 2 is 2.10 bits per heavy atom. The van der Waals surface area contributed by atoms with Crippen LogP contribution < -0.4 is 10.6 Å². The summed E-state index contributed by atoms with van der Waals surface area (Å²) >= 11 is 0. The lowest BCUT2D eigenvalue weighted by atomic mass is 9.95. The molecule has 1 atom stereocenters. The predicted octanol–water partition coefficient (Wildman–Crippen LogP) is 1.51. The van der Waals surface area contributed by atoms with E-state index >= 15 is 0 Å². The van der Waals surface area contributed by atoms with Gasteiger partial charge in [-0.1, -0.05) is 6.07 Å². The highest BCUT2D eigenvalue weighted by Crippen LogP contribution is 2.23. The lowest BCUT2D eigenvalue weighted by molar-refractivity contribution is 0.0554. The van der Waals surface area contributed by atoms with E-state index in [1.807, 2.05) is 6.92 Å². The Balaban J connectivity index is 2.50. The first-order valence-corrected chi connectivity index (χ1v) is 6.64. The molecule has 0 aliphatic rings. The van der Waals surface area contributed by atoms with Crippen molar-refractivity contribution in [3.63, 3.8) is 0 Å². The number of hydrogen-bond donors (Lipinski definition) is 3. The van der Waals surface area contributed by atoms with Crippen molar-refractivity contribution in [2.24, 2.45) is 0 Å². The van der Waals surface area contributed by atoms with Crippen LogP contribution in [0, 0.1) is 11.6 Å². The molecule has 0 spiro atoms. The summed E-state index contributed by atoms with van der Waals surface area (Å²) in [6.45, 7) is 4.23. The number of carbonyl (C=O) groups excluding carboxylic acids is 1.